The van der Waals surface area contributed by atoms with E-state index in [1.807, 2.05) is 0 Å². The Morgan fingerprint density at radius 2 is 2.42 bits per heavy atom. The Morgan fingerprint density at radius 3 is 3.00 bits per heavy atom. The fraction of sp³-hybridized carbons (Fsp3) is 0.125. The lowest BCUT2D eigenvalue weighted by Gasteiger charge is -2.02. The van der Waals surface area contributed by atoms with Gasteiger partial charge in [0, 0.05) is 12.1 Å². The van der Waals surface area contributed by atoms with Gasteiger partial charge in [0.25, 0.3) is 0 Å². The maximum absolute atomic E-state index is 10.3. The fourth-order valence-electron chi connectivity index (χ4n) is 0.722. The van der Waals surface area contributed by atoms with Crippen LogP contribution in [0.5, 0.6) is 11.5 Å². The molecule has 2 N–H and O–H groups in total. The number of hydrogen-bond donors (Lipinski definition) is 1. The minimum Gasteiger partial charge on any atom is -0.496 e. The molecule has 4 heteroatoms. The molecule has 0 aliphatic carbocycles. The number of ether oxygens (including phenoxy) is 2. The predicted molar refractivity (Wildman–Crippen MR) is 42.0 cm³/mol. The Morgan fingerprint density at radius 1 is 1.67 bits per heavy atom. The third-order valence-electron chi connectivity index (χ3n) is 1.18. The highest BCUT2D eigenvalue weighted by Crippen LogP contribution is 2.17. The van der Waals surface area contributed by atoms with Crippen LogP contribution in [0.1, 0.15) is 0 Å². The van der Waals surface area contributed by atoms with E-state index >= 15 is 0 Å². The highest BCUT2D eigenvalue weighted by Gasteiger charge is 1.99. The first-order valence-corrected chi connectivity index (χ1v) is 3.25. The molecular weight excluding hydrogens is 158 g/mol. The molecule has 0 aromatic heterocycles. The zero-order valence-corrected chi connectivity index (χ0v) is 6.53. The third-order valence-corrected chi connectivity index (χ3v) is 1.18. The SMILES string of the molecule is COc1[c]ccc(OC(N)=O)c1. The summed E-state index contributed by atoms with van der Waals surface area (Å²) in [6.07, 6.45) is -0.844. The molecule has 0 atom stereocenters. The maximum atomic E-state index is 10.3. The van der Waals surface area contributed by atoms with E-state index in [1.165, 1.54) is 13.2 Å². The molecular formula is C8H8NO3. The molecule has 1 aromatic rings. The lowest BCUT2D eigenvalue weighted by Crippen LogP contribution is -2.16. The normalized spacial score (nSPS) is 9.08. The summed E-state index contributed by atoms with van der Waals surface area (Å²) in [6, 6.07) is 7.44. The Kier molecular flexibility index (Phi) is 2.53. The molecule has 0 saturated heterocycles. The van der Waals surface area contributed by atoms with Gasteiger partial charge in [0.2, 0.25) is 0 Å². The summed E-state index contributed by atoms with van der Waals surface area (Å²) in [5.41, 5.74) is 4.80. The summed E-state index contributed by atoms with van der Waals surface area (Å²) in [5, 5.41) is 0. The first kappa shape index (κ1) is 8.39. The van der Waals surface area contributed by atoms with Gasteiger partial charge >= 0.3 is 6.09 Å². The van der Waals surface area contributed by atoms with Crippen LogP contribution in [0.2, 0.25) is 0 Å². The van der Waals surface area contributed by atoms with Crippen LogP contribution in [0, 0.1) is 6.07 Å². The van der Waals surface area contributed by atoms with E-state index in [2.05, 4.69) is 10.8 Å². The van der Waals surface area contributed by atoms with Crippen LogP contribution in [0.15, 0.2) is 18.2 Å². The number of benzene rings is 1. The molecule has 12 heavy (non-hydrogen) atoms. The van der Waals surface area contributed by atoms with Crippen molar-refractivity contribution in [1.82, 2.24) is 0 Å². The first-order valence-electron chi connectivity index (χ1n) is 3.25. The molecule has 0 fully saturated rings. The summed E-state index contributed by atoms with van der Waals surface area (Å²) in [6.45, 7) is 0. The maximum Gasteiger partial charge on any atom is 0.409 e. The number of methoxy groups -OCH3 is 1. The Hall–Kier alpha value is -1.71. The van der Waals surface area contributed by atoms with Crippen molar-refractivity contribution in [1.29, 1.82) is 0 Å². The van der Waals surface area contributed by atoms with Crippen LogP contribution in [0.4, 0.5) is 4.79 Å². The summed E-state index contributed by atoms with van der Waals surface area (Å²) in [5.74, 6) is 0.840. The zero-order valence-electron chi connectivity index (χ0n) is 6.53. The number of amides is 1. The Balaban J connectivity index is 2.79. The number of hydrogen-bond acceptors (Lipinski definition) is 3. The van der Waals surface area contributed by atoms with Gasteiger partial charge < -0.3 is 15.2 Å². The minimum absolute atomic E-state index is 0.345. The fourth-order valence-corrected chi connectivity index (χ4v) is 0.722. The second-order valence-corrected chi connectivity index (χ2v) is 2.01. The summed E-state index contributed by atoms with van der Waals surface area (Å²) >= 11 is 0. The van der Waals surface area contributed by atoms with Crippen LogP contribution in [0.3, 0.4) is 0 Å². The van der Waals surface area contributed by atoms with Gasteiger partial charge in [-0.1, -0.05) is 0 Å². The largest absolute Gasteiger partial charge is 0.496 e. The van der Waals surface area contributed by atoms with Crippen molar-refractivity contribution in [2.75, 3.05) is 7.11 Å². The lowest BCUT2D eigenvalue weighted by atomic mass is 10.3. The molecule has 0 unspecified atom stereocenters. The number of primary amides is 1. The van der Waals surface area contributed by atoms with Gasteiger partial charge in [0.1, 0.15) is 11.5 Å². The number of carbonyl (C=O) groups excluding carboxylic acids is 1. The van der Waals surface area contributed by atoms with E-state index in [9.17, 15) is 4.79 Å². The molecule has 0 heterocycles. The smallest absolute Gasteiger partial charge is 0.409 e. The molecule has 63 valence electrons. The number of rotatable bonds is 2. The van der Waals surface area contributed by atoms with Crippen molar-refractivity contribution < 1.29 is 14.3 Å². The number of carbonyl (C=O) groups is 1. The van der Waals surface area contributed by atoms with E-state index < -0.39 is 6.09 Å². The van der Waals surface area contributed by atoms with Gasteiger partial charge in [-0.05, 0) is 12.1 Å². The monoisotopic (exact) mass is 166 g/mol. The van der Waals surface area contributed by atoms with Crippen LogP contribution in [-0.2, 0) is 0 Å². The van der Waals surface area contributed by atoms with Crippen molar-refractivity contribution in [2.45, 2.75) is 0 Å². The average molecular weight is 166 g/mol. The van der Waals surface area contributed by atoms with Gasteiger partial charge in [0.15, 0.2) is 0 Å². The second kappa shape index (κ2) is 3.61. The summed E-state index contributed by atoms with van der Waals surface area (Å²) in [4.78, 5) is 10.3. The van der Waals surface area contributed by atoms with Crippen LogP contribution in [-0.4, -0.2) is 13.2 Å². The Labute approximate surface area is 69.9 Å². The highest BCUT2D eigenvalue weighted by molar-refractivity contribution is 5.68. The summed E-state index contributed by atoms with van der Waals surface area (Å²) < 4.78 is 9.44. The molecule has 1 aromatic carbocycles. The molecule has 0 bridgehead atoms. The van der Waals surface area contributed by atoms with Crippen LogP contribution >= 0.6 is 0 Å². The topological polar surface area (TPSA) is 61.6 Å². The van der Waals surface area contributed by atoms with Gasteiger partial charge in [-0.15, -0.1) is 0 Å². The predicted octanol–water partition coefficient (Wildman–Crippen LogP) is 0.953. The highest BCUT2D eigenvalue weighted by atomic mass is 16.5. The van der Waals surface area contributed by atoms with E-state index in [1.54, 1.807) is 12.1 Å². The van der Waals surface area contributed by atoms with E-state index in [0.29, 0.717) is 11.5 Å². The standard InChI is InChI=1S/C8H8NO3/c1-11-6-3-2-4-7(5-6)12-8(9)10/h2,4-5H,1H3,(H2,9,10). The molecule has 0 aliphatic heterocycles. The van der Waals surface area contributed by atoms with Crippen molar-refractivity contribution in [3.05, 3.63) is 24.3 Å². The number of nitrogens with two attached hydrogens (primary N) is 1. The van der Waals surface area contributed by atoms with E-state index in [4.69, 9.17) is 10.5 Å². The van der Waals surface area contributed by atoms with Crippen LogP contribution in [0.25, 0.3) is 0 Å². The van der Waals surface area contributed by atoms with Gasteiger partial charge in [-0.25, -0.2) is 4.79 Å². The summed E-state index contributed by atoms with van der Waals surface area (Å²) in [7, 11) is 1.50. The quantitative estimate of drug-likeness (QED) is 0.711. The van der Waals surface area contributed by atoms with Gasteiger partial charge in [-0.3, -0.25) is 0 Å². The van der Waals surface area contributed by atoms with Crippen molar-refractivity contribution in [3.63, 3.8) is 0 Å². The van der Waals surface area contributed by atoms with E-state index in [-0.39, 0.29) is 0 Å². The first-order chi connectivity index (χ1) is 5.72. The van der Waals surface area contributed by atoms with Crippen LogP contribution < -0.4 is 15.2 Å². The minimum atomic E-state index is -0.844. The molecule has 1 rings (SSSR count). The molecule has 0 spiro atoms. The van der Waals surface area contributed by atoms with Gasteiger partial charge in [0.05, 0.1) is 7.11 Å². The van der Waals surface area contributed by atoms with Crippen molar-refractivity contribution in [2.24, 2.45) is 5.73 Å². The van der Waals surface area contributed by atoms with Gasteiger partial charge in [-0.2, -0.15) is 0 Å². The third kappa shape index (κ3) is 2.16. The lowest BCUT2D eigenvalue weighted by molar-refractivity contribution is 0.210. The molecule has 0 aliphatic rings. The molecule has 0 saturated carbocycles. The van der Waals surface area contributed by atoms with E-state index in [0.717, 1.165) is 0 Å². The van der Waals surface area contributed by atoms with Crippen molar-refractivity contribution >= 4 is 6.09 Å². The zero-order chi connectivity index (χ0) is 8.97. The Bertz CT molecular complexity index is 285. The molecule has 4 nitrogen and oxygen atoms in total. The average Bonchev–Trinajstić information content (AvgIpc) is 2.03. The molecule has 1 radical (unpaired) electrons. The molecule has 1 amide bonds. The second-order valence-electron chi connectivity index (χ2n) is 2.01. The van der Waals surface area contributed by atoms with Crippen molar-refractivity contribution in [3.8, 4) is 11.5 Å².